The fourth-order valence-electron chi connectivity index (χ4n) is 3.76. The van der Waals surface area contributed by atoms with Crippen LogP contribution >= 0.6 is 7.37 Å². The van der Waals surface area contributed by atoms with Crippen LogP contribution in [-0.4, -0.2) is 42.0 Å². The normalized spacial score (nSPS) is 13.9. The maximum atomic E-state index is 13.6. The van der Waals surface area contributed by atoms with Crippen molar-refractivity contribution in [3.8, 4) is 22.7 Å². The summed E-state index contributed by atoms with van der Waals surface area (Å²) in [5.74, 6) is 2.17. The van der Waals surface area contributed by atoms with Gasteiger partial charge in [-0.1, -0.05) is 38.0 Å². The number of ether oxygens (including phenoxy) is 1. The maximum Gasteiger partial charge on any atom is 0.308 e. The van der Waals surface area contributed by atoms with E-state index in [0.717, 1.165) is 22.3 Å². The minimum atomic E-state index is -3.59. The lowest BCUT2D eigenvalue weighted by molar-refractivity contribution is -0.142. The first-order valence-corrected chi connectivity index (χ1v) is 12.3. The molecule has 2 aromatic heterocycles. The number of benzene rings is 1. The zero-order valence-corrected chi connectivity index (χ0v) is 19.9. The molecule has 0 radical (unpaired) electrons. The highest BCUT2D eigenvalue weighted by molar-refractivity contribution is 7.64. The van der Waals surface area contributed by atoms with Gasteiger partial charge in [-0.3, -0.25) is 9.36 Å². The molecule has 0 aliphatic rings. The SMILES string of the molecule is COC(=O)C[C@H](O)CP(=O)(C#Cc1c(-c2ccc(F)cc2)c2ccccn2c1C(C)C)OC. The number of esters is 1. The molecule has 33 heavy (non-hydrogen) atoms. The number of carbonyl (C=O) groups is 1. The van der Waals surface area contributed by atoms with Crippen molar-refractivity contribution >= 4 is 18.9 Å². The molecule has 174 valence electrons. The Hall–Kier alpha value is -2.91. The molecule has 2 atom stereocenters. The Bertz CT molecular complexity index is 1250. The number of nitrogens with zero attached hydrogens (tertiary/aromatic N) is 1. The second kappa shape index (κ2) is 10.4. The number of pyridine rings is 1. The minimum absolute atomic E-state index is 0.0743. The van der Waals surface area contributed by atoms with Crippen molar-refractivity contribution in [1.29, 1.82) is 0 Å². The zero-order chi connectivity index (χ0) is 24.2. The number of aliphatic hydroxyl groups is 1. The van der Waals surface area contributed by atoms with Crippen LogP contribution in [0.3, 0.4) is 0 Å². The molecule has 2 heterocycles. The van der Waals surface area contributed by atoms with Crippen LogP contribution in [0.15, 0.2) is 48.7 Å². The summed E-state index contributed by atoms with van der Waals surface area (Å²) in [7, 11) is -1.11. The zero-order valence-electron chi connectivity index (χ0n) is 19.0. The lowest BCUT2D eigenvalue weighted by atomic mass is 9.98. The Morgan fingerprint density at radius 3 is 2.48 bits per heavy atom. The molecule has 1 unspecified atom stereocenters. The van der Waals surface area contributed by atoms with E-state index in [9.17, 15) is 18.9 Å². The van der Waals surface area contributed by atoms with Gasteiger partial charge < -0.3 is 18.8 Å². The number of carbonyl (C=O) groups excluding carboxylic acids is 1. The molecule has 0 saturated heterocycles. The highest BCUT2D eigenvalue weighted by Gasteiger charge is 2.26. The van der Waals surface area contributed by atoms with Crippen molar-refractivity contribution in [3.05, 3.63) is 65.7 Å². The summed E-state index contributed by atoms with van der Waals surface area (Å²) in [5.41, 5.74) is 6.77. The van der Waals surface area contributed by atoms with Crippen molar-refractivity contribution in [3.63, 3.8) is 0 Å². The van der Waals surface area contributed by atoms with Gasteiger partial charge in [0.2, 0.25) is 0 Å². The molecule has 1 N–H and O–H groups in total. The van der Waals surface area contributed by atoms with E-state index in [4.69, 9.17) is 4.52 Å². The van der Waals surface area contributed by atoms with Gasteiger partial charge in [0.15, 0.2) is 0 Å². The second-order valence-corrected chi connectivity index (χ2v) is 10.3. The number of rotatable bonds is 7. The molecule has 6 nitrogen and oxygen atoms in total. The van der Waals surface area contributed by atoms with Crippen LogP contribution in [0, 0.1) is 17.4 Å². The molecule has 0 amide bonds. The standard InChI is InChI=1S/C25H27FNO5P/c1-17(2)25-21(12-14-33(30,32-4)16-20(28)15-23(29)31-3)24(18-8-10-19(26)11-9-18)22-7-5-6-13-27(22)25/h5-11,13,17,20,28H,15-16H2,1-4H3/t20-,33?/m0/s1. The number of hydrogen-bond acceptors (Lipinski definition) is 5. The Balaban J connectivity index is 2.16. The van der Waals surface area contributed by atoms with Gasteiger partial charge in [0.05, 0.1) is 36.9 Å². The minimum Gasteiger partial charge on any atom is -0.469 e. The van der Waals surface area contributed by atoms with E-state index in [-0.39, 0.29) is 24.3 Å². The molecule has 0 saturated carbocycles. The molecule has 3 rings (SSSR count). The van der Waals surface area contributed by atoms with Crippen LogP contribution in [0.5, 0.6) is 0 Å². The van der Waals surface area contributed by atoms with Crippen molar-refractivity contribution in [2.45, 2.75) is 32.3 Å². The average molecular weight is 471 g/mol. The first-order chi connectivity index (χ1) is 15.7. The van der Waals surface area contributed by atoms with Crippen LogP contribution in [-0.2, 0) is 18.6 Å². The number of hydrogen-bond donors (Lipinski definition) is 1. The summed E-state index contributed by atoms with van der Waals surface area (Å²) >= 11 is 0. The second-order valence-electron chi connectivity index (χ2n) is 7.96. The first kappa shape index (κ1) is 24.7. The van der Waals surface area contributed by atoms with E-state index in [1.807, 2.05) is 42.6 Å². The number of aliphatic hydroxyl groups excluding tert-OH is 1. The monoisotopic (exact) mass is 471 g/mol. The summed E-state index contributed by atoms with van der Waals surface area (Å²) in [6.07, 6.45) is 0.104. The highest BCUT2D eigenvalue weighted by Crippen LogP contribution is 2.46. The third kappa shape index (κ3) is 5.54. The van der Waals surface area contributed by atoms with Gasteiger partial charge in [-0.25, -0.2) is 4.39 Å². The fourth-order valence-corrected chi connectivity index (χ4v) is 5.06. The van der Waals surface area contributed by atoms with Crippen molar-refractivity contribution < 1.29 is 28.1 Å². The summed E-state index contributed by atoms with van der Waals surface area (Å²) < 4.78 is 38.6. The van der Waals surface area contributed by atoms with Crippen molar-refractivity contribution in [2.75, 3.05) is 20.4 Å². The van der Waals surface area contributed by atoms with Crippen LogP contribution in [0.4, 0.5) is 4.39 Å². The summed E-state index contributed by atoms with van der Waals surface area (Å²) in [4.78, 5) is 11.4. The largest absolute Gasteiger partial charge is 0.469 e. The van der Waals surface area contributed by atoms with Gasteiger partial charge in [-0.15, -0.1) is 0 Å². The third-order valence-corrected chi connectivity index (χ3v) is 7.23. The first-order valence-electron chi connectivity index (χ1n) is 10.5. The Morgan fingerprint density at radius 1 is 1.18 bits per heavy atom. The van der Waals surface area contributed by atoms with E-state index >= 15 is 0 Å². The van der Waals surface area contributed by atoms with E-state index in [1.54, 1.807) is 12.1 Å². The number of fused-ring (bicyclic) bond motifs is 1. The molecular weight excluding hydrogens is 444 g/mol. The summed E-state index contributed by atoms with van der Waals surface area (Å²) in [6, 6.07) is 11.9. The van der Waals surface area contributed by atoms with Crippen molar-refractivity contribution in [1.82, 2.24) is 4.40 Å². The number of methoxy groups -OCH3 is 1. The number of aromatic nitrogens is 1. The Labute approximate surface area is 192 Å². The molecule has 8 heteroatoms. The molecule has 1 aromatic carbocycles. The van der Waals surface area contributed by atoms with Crippen LogP contribution in [0.2, 0.25) is 0 Å². The van der Waals surface area contributed by atoms with Gasteiger partial charge in [-0.2, -0.15) is 0 Å². The van der Waals surface area contributed by atoms with Crippen LogP contribution in [0.1, 0.15) is 37.4 Å². The average Bonchev–Trinajstić information content (AvgIpc) is 3.12. The molecule has 0 bridgehead atoms. The highest BCUT2D eigenvalue weighted by atomic mass is 31.2. The maximum absolute atomic E-state index is 13.6. The molecule has 0 fully saturated rings. The van der Waals surface area contributed by atoms with Gasteiger partial charge in [-0.05, 0) is 41.4 Å². The quantitative estimate of drug-likeness (QED) is 0.297. The Morgan fingerprint density at radius 2 is 1.88 bits per heavy atom. The predicted octanol–water partition coefficient (Wildman–Crippen LogP) is 5.03. The van der Waals surface area contributed by atoms with Gasteiger partial charge in [0, 0.05) is 24.6 Å². The summed E-state index contributed by atoms with van der Waals surface area (Å²) in [6.45, 7) is 4.06. The summed E-state index contributed by atoms with van der Waals surface area (Å²) in [5, 5.41) is 10.2. The van der Waals surface area contributed by atoms with E-state index < -0.39 is 19.4 Å². The number of halogens is 1. The lowest BCUT2D eigenvalue weighted by Gasteiger charge is -2.14. The van der Waals surface area contributed by atoms with E-state index in [0.29, 0.717) is 5.56 Å². The fraction of sp³-hybridized carbons (Fsp3) is 0.320. The smallest absolute Gasteiger partial charge is 0.308 e. The molecule has 0 spiro atoms. The molecule has 3 aromatic rings. The van der Waals surface area contributed by atoms with E-state index in [1.165, 1.54) is 26.4 Å². The van der Waals surface area contributed by atoms with Gasteiger partial charge in [0.1, 0.15) is 5.82 Å². The molecule has 0 aliphatic carbocycles. The third-order valence-electron chi connectivity index (χ3n) is 5.29. The molecule has 0 aliphatic heterocycles. The Kier molecular flexibility index (Phi) is 7.76. The topological polar surface area (TPSA) is 77.2 Å². The van der Waals surface area contributed by atoms with Crippen molar-refractivity contribution in [2.24, 2.45) is 0 Å². The lowest BCUT2D eigenvalue weighted by Crippen LogP contribution is -2.18. The van der Waals surface area contributed by atoms with Crippen LogP contribution < -0.4 is 0 Å². The molecular formula is C25H27FNO5P. The van der Waals surface area contributed by atoms with Gasteiger partial charge in [0.25, 0.3) is 7.37 Å². The van der Waals surface area contributed by atoms with Crippen LogP contribution in [0.25, 0.3) is 16.6 Å². The predicted molar refractivity (Wildman–Crippen MR) is 126 cm³/mol. The van der Waals surface area contributed by atoms with E-state index in [2.05, 4.69) is 16.3 Å². The van der Waals surface area contributed by atoms with Gasteiger partial charge >= 0.3 is 5.97 Å².